The molecular formula is C18H28N2O5S. The van der Waals surface area contributed by atoms with Crippen molar-refractivity contribution in [2.24, 2.45) is 0 Å². The molecule has 1 aromatic carbocycles. The fraction of sp³-hybridized carbons (Fsp3) is 0.556. The highest BCUT2D eigenvalue weighted by atomic mass is 32.2. The Morgan fingerprint density at radius 1 is 1.08 bits per heavy atom. The Labute approximate surface area is 155 Å². The van der Waals surface area contributed by atoms with Crippen LogP contribution in [0.25, 0.3) is 0 Å². The minimum absolute atomic E-state index is 0.0219. The van der Waals surface area contributed by atoms with Gasteiger partial charge in [-0.1, -0.05) is 20.3 Å². The van der Waals surface area contributed by atoms with Crippen LogP contribution in [-0.4, -0.2) is 39.0 Å². The number of nitrogens with one attached hydrogen (secondary N) is 2. The minimum Gasteiger partial charge on any atom is -0.452 e. The van der Waals surface area contributed by atoms with Crippen molar-refractivity contribution < 1.29 is 22.7 Å². The third-order valence-electron chi connectivity index (χ3n) is 3.83. The van der Waals surface area contributed by atoms with E-state index in [1.54, 1.807) is 6.92 Å². The summed E-state index contributed by atoms with van der Waals surface area (Å²) in [7, 11) is -3.63. The lowest BCUT2D eigenvalue weighted by molar-refractivity contribution is -0.124. The summed E-state index contributed by atoms with van der Waals surface area (Å²) in [6.45, 7) is 7.18. The summed E-state index contributed by atoms with van der Waals surface area (Å²) in [6.07, 6.45) is 2.46. The van der Waals surface area contributed by atoms with Crippen molar-refractivity contribution in [3.8, 4) is 0 Å². The molecule has 2 atom stereocenters. The van der Waals surface area contributed by atoms with Crippen LogP contribution in [0.2, 0.25) is 0 Å². The summed E-state index contributed by atoms with van der Waals surface area (Å²) in [5.74, 6) is -1.04. The maximum Gasteiger partial charge on any atom is 0.338 e. The van der Waals surface area contributed by atoms with E-state index in [-0.39, 0.29) is 35.1 Å². The van der Waals surface area contributed by atoms with Crippen LogP contribution in [0.3, 0.4) is 0 Å². The largest absolute Gasteiger partial charge is 0.452 e. The first-order chi connectivity index (χ1) is 12.2. The zero-order valence-corrected chi connectivity index (χ0v) is 16.6. The number of carbonyl (C=O) groups excluding carboxylic acids is 2. The lowest BCUT2D eigenvalue weighted by atomic mass is 10.2. The molecule has 0 aromatic heterocycles. The molecule has 1 rings (SSSR count). The van der Waals surface area contributed by atoms with E-state index < -0.39 is 16.0 Å². The van der Waals surface area contributed by atoms with Gasteiger partial charge in [-0.3, -0.25) is 4.79 Å². The molecular weight excluding hydrogens is 356 g/mol. The number of hydrogen-bond donors (Lipinski definition) is 2. The molecule has 0 aliphatic carbocycles. The van der Waals surface area contributed by atoms with Crippen molar-refractivity contribution in [2.45, 2.75) is 63.9 Å². The summed E-state index contributed by atoms with van der Waals surface area (Å²) in [5, 5.41) is 2.74. The third-order valence-corrected chi connectivity index (χ3v) is 5.44. The monoisotopic (exact) mass is 384 g/mol. The second-order valence-corrected chi connectivity index (χ2v) is 8.00. The topological polar surface area (TPSA) is 102 Å². The molecule has 1 amide bonds. The first-order valence-electron chi connectivity index (χ1n) is 8.78. The lowest BCUT2D eigenvalue weighted by Crippen LogP contribution is -2.35. The average molecular weight is 384 g/mol. The first kappa shape index (κ1) is 22.1. The molecule has 146 valence electrons. The Bertz CT molecular complexity index is 701. The SMILES string of the molecule is CCC[C@H](C)NC(=O)COC(=O)c1ccc(S(=O)(=O)N[C@@H](C)CC)cc1. The molecule has 0 bridgehead atoms. The molecule has 0 spiro atoms. The Morgan fingerprint density at radius 2 is 1.69 bits per heavy atom. The molecule has 26 heavy (non-hydrogen) atoms. The molecule has 7 nitrogen and oxygen atoms in total. The summed E-state index contributed by atoms with van der Waals surface area (Å²) in [5.41, 5.74) is 0.182. The zero-order valence-electron chi connectivity index (χ0n) is 15.7. The predicted octanol–water partition coefficient (Wildman–Crippen LogP) is 2.22. The smallest absolute Gasteiger partial charge is 0.338 e. The summed E-state index contributed by atoms with van der Waals surface area (Å²) in [4.78, 5) is 23.8. The zero-order chi connectivity index (χ0) is 19.7. The molecule has 0 unspecified atom stereocenters. The standard InChI is InChI=1S/C18H28N2O5S/c1-5-7-14(4)19-17(21)12-25-18(22)15-8-10-16(11-9-15)26(23,24)20-13(3)6-2/h8-11,13-14,20H,5-7,12H2,1-4H3,(H,19,21)/t13-,14-/m0/s1. The molecule has 2 N–H and O–H groups in total. The number of hydrogen-bond acceptors (Lipinski definition) is 5. The quantitative estimate of drug-likeness (QED) is 0.602. The molecule has 0 saturated carbocycles. The summed E-state index contributed by atoms with van der Waals surface area (Å²) >= 11 is 0. The Kier molecular flexibility index (Phi) is 8.74. The normalized spacial score (nSPS) is 13.7. The van der Waals surface area contributed by atoms with E-state index in [1.165, 1.54) is 24.3 Å². The average Bonchev–Trinajstić information content (AvgIpc) is 2.59. The number of amides is 1. The number of carbonyl (C=O) groups is 2. The van der Waals surface area contributed by atoms with E-state index in [1.807, 2.05) is 20.8 Å². The van der Waals surface area contributed by atoms with Crippen molar-refractivity contribution in [3.05, 3.63) is 29.8 Å². The molecule has 0 aliphatic rings. The van der Waals surface area contributed by atoms with Crippen molar-refractivity contribution in [1.82, 2.24) is 10.0 Å². The first-order valence-corrected chi connectivity index (χ1v) is 10.3. The molecule has 8 heteroatoms. The van der Waals surface area contributed by atoms with Crippen LogP contribution in [0, 0.1) is 0 Å². The molecule has 1 aromatic rings. The van der Waals surface area contributed by atoms with Gasteiger partial charge >= 0.3 is 5.97 Å². The lowest BCUT2D eigenvalue weighted by Gasteiger charge is -2.13. The van der Waals surface area contributed by atoms with Crippen LogP contribution in [0.1, 0.15) is 57.3 Å². The van der Waals surface area contributed by atoms with E-state index in [9.17, 15) is 18.0 Å². The van der Waals surface area contributed by atoms with Crippen LogP contribution >= 0.6 is 0 Å². The molecule has 0 heterocycles. The highest BCUT2D eigenvalue weighted by molar-refractivity contribution is 7.89. The second-order valence-electron chi connectivity index (χ2n) is 6.29. The van der Waals surface area contributed by atoms with Gasteiger partial charge in [0, 0.05) is 12.1 Å². The van der Waals surface area contributed by atoms with Crippen molar-refractivity contribution in [1.29, 1.82) is 0 Å². The fourth-order valence-electron chi connectivity index (χ4n) is 2.22. The van der Waals surface area contributed by atoms with Gasteiger partial charge < -0.3 is 10.1 Å². The van der Waals surface area contributed by atoms with Gasteiger partial charge in [0.25, 0.3) is 5.91 Å². The van der Waals surface area contributed by atoms with E-state index in [4.69, 9.17) is 4.74 Å². The predicted molar refractivity (Wildman–Crippen MR) is 99.3 cm³/mol. The van der Waals surface area contributed by atoms with Crippen LogP contribution in [0.4, 0.5) is 0 Å². The van der Waals surface area contributed by atoms with Crippen LogP contribution in [0.5, 0.6) is 0 Å². The van der Waals surface area contributed by atoms with Gasteiger partial charge in [0.05, 0.1) is 10.5 Å². The Hall–Kier alpha value is -1.93. The second kappa shape index (κ2) is 10.3. The minimum atomic E-state index is -3.63. The molecule has 0 radical (unpaired) electrons. The number of rotatable bonds is 10. The Balaban J connectivity index is 2.63. The number of sulfonamides is 1. The third kappa shape index (κ3) is 7.13. The van der Waals surface area contributed by atoms with Crippen molar-refractivity contribution >= 4 is 21.9 Å². The summed E-state index contributed by atoms with van der Waals surface area (Å²) in [6, 6.07) is 5.25. The van der Waals surface area contributed by atoms with E-state index in [2.05, 4.69) is 10.0 Å². The van der Waals surface area contributed by atoms with Gasteiger partial charge in [-0.2, -0.15) is 0 Å². The number of benzene rings is 1. The molecule has 0 saturated heterocycles. The summed E-state index contributed by atoms with van der Waals surface area (Å²) < 4.78 is 31.8. The van der Waals surface area contributed by atoms with E-state index >= 15 is 0 Å². The van der Waals surface area contributed by atoms with E-state index in [0.29, 0.717) is 6.42 Å². The van der Waals surface area contributed by atoms with Crippen molar-refractivity contribution in [3.63, 3.8) is 0 Å². The highest BCUT2D eigenvalue weighted by Gasteiger charge is 2.18. The fourth-order valence-corrected chi connectivity index (χ4v) is 3.55. The van der Waals surface area contributed by atoms with Gasteiger partial charge in [0.2, 0.25) is 10.0 Å². The van der Waals surface area contributed by atoms with Crippen molar-refractivity contribution in [2.75, 3.05) is 6.61 Å². The number of esters is 1. The number of ether oxygens (including phenoxy) is 1. The van der Waals surface area contributed by atoms with E-state index in [0.717, 1.165) is 12.8 Å². The van der Waals surface area contributed by atoms with Gasteiger partial charge in [0.15, 0.2) is 6.61 Å². The van der Waals surface area contributed by atoms with Gasteiger partial charge in [0.1, 0.15) is 0 Å². The maximum absolute atomic E-state index is 12.2. The van der Waals surface area contributed by atoms with Crippen LogP contribution in [0.15, 0.2) is 29.2 Å². The molecule has 0 aliphatic heterocycles. The van der Waals surface area contributed by atoms with Gasteiger partial charge in [-0.25, -0.2) is 17.9 Å². The maximum atomic E-state index is 12.2. The van der Waals surface area contributed by atoms with Gasteiger partial charge in [-0.05, 0) is 51.0 Å². The van der Waals surface area contributed by atoms with Crippen LogP contribution in [-0.2, 0) is 19.6 Å². The van der Waals surface area contributed by atoms with Crippen LogP contribution < -0.4 is 10.0 Å². The van der Waals surface area contributed by atoms with Gasteiger partial charge in [-0.15, -0.1) is 0 Å². The Morgan fingerprint density at radius 3 is 2.23 bits per heavy atom. The highest BCUT2D eigenvalue weighted by Crippen LogP contribution is 2.12. The molecule has 0 fully saturated rings.